The summed E-state index contributed by atoms with van der Waals surface area (Å²) in [6, 6.07) is 7.64. The number of carbonyl (C=O) groups is 1. The summed E-state index contributed by atoms with van der Waals surface area (Å²) in [6.07, 6.45) is 1.96. The molecule has 0 saturated carbocycles. The maximum Gasteiger partial charge on any atom is 0.257 e. The van der Waals surface area contributed by atoms with E-state index in [1.807, 2.05) is 24.3 Å². The van der Waals surface area contributed by atoms with Crippen LogP contribution in [0, 0.1) is 0 Å². The molecule has 1 aliphatic heterocycles. The van der Waals surface area contributed by atoms with E-state index in [4.69, 9.17) is 0 Å². The summed E-state index contributed by atoms with van der Waals surface area (Å²) in [6.45, 7) is 3.64. The molecule has 2 heterocycles. The molecule has 23 heavy (non-hydrogen) atoms. The first-order valence-corrected chi connectivity index (χ1v) is 8.79. The van der Waals surface area contributed by atoms with Gasteiger partial charge in [-0.3, -0.25) is 9.59 Å². The number of aromatic amines is 1. The van der Waals surface area contributed by atoms with Crippen LogP contribution in [-0.4, -0.2) is 21.6 Å². The fourth-order valence-electron chi connectivity index (χ4n) is 2.56. The lowest BCUT2D eigenvalue weighted by molar-refractivity contribution is -0.116. The van der Waals surface area contributed by atoms with Crippen molar-refractivity contribution in [1.82, 2.24) is 9.97 Å². The molecule has 7 heteroatoms. The van der Waals surface area contributed by atoms with Gasteiger partial charge < -0.3 is 10.3 Å². The monoisotopic (exact) mass is 391 g/mol. The van der Waals surface area contributed by atoms with E-state index >= 15 is 0 Å². The smallest absolute Gasteiger partial charge is 0.257 e. The molecule has 2 aromatic rings. The molecule has 3 rings (SSSR count). The summed E-state index contributed by atoms with van der Waals surface area (Å²) >= 11 is 4.79. The lowest BCUT2D eigenvalue weighted by Gasteiger charge is -2.24. The van der Waals surface area contributed by atoms with Crippen molar-refractivity contribution in [2.24, 2.45) is 0 Å². The Morgan fingerprint density at radius 1 is 1.43 bits per heavy atom. The van der Waals surface area contributed by atoms with Crippen molar-refractivity contribution in [2.75, 3.05) is 11.1 Å². The Bertz CT molecular complexity index is 834. The van der Waals surface area contributed by atoms with Crippen LogP contribution >= 0.6 is 27.7 Å². The number of nitrogens with one attached hydrogen (secondary N) is 2. The molecule has 5 nitrogen and oxygen atoms in total. The van der Waals surface area contributed by atoms with Crippen molar-refractivity contribution >= 4 is 39.4 Å². The van der Waals surface area contributed by atoms with Gasteiger partial charge in [-0.25, -0.2) is 4.98 Å². The normalized spacial score (nSPS) is 16.6. The van der Waals surface area contributed by atoms with Gasteiger partial charge in [0.05, 0.1) is 5.56 Å². The van der Waals surface area contributed by atoms with Gasteiger partial charge in [0.2, 0.25) is 5.91 Å². The van der Waals surface area contributed by atoms with Crippen LogP contribution in [0.1, 0.15) is 23.5 Å². The highest BCUT2D eigenvalue weighted by atomic mass is 79.9. The third-order valence-corrected chi connectivity index (χ3v) is 4.88. The molecule has 0 aliphatic carbocycles. The van der Waals surface area contributed by atoms with Crippen molar-refractivity contribution in [2.45, 2.75) is 17.5 Å². The summed E-state index contributed by atoms with van der Waals surface area (Å²) in [5.41, 5.74) is 1.20. The van der Waals surface area contributed by atoms with Gasteiger partial charge in [-0.05, 0) is 17.7 Å². The third kappa shape index (κ3) is 3.40. The maximum atomic E-state index is 12.5. The van der Waals surface area contributed by atoms with Crippen LogP contribution in [0.3, 0.4) is 0 Å². The van der Waals surface area contributed by atoms with E-state index in [1.165, 1.54) is 11.8 Å². The fourth-order valence-corrected chi connectivity index (χ4v) is 3.58. The van der Waals surface area contributed by atoms with Gasteiger partial charge >= 0.3 is 0 Å². The van der Waals surface area contributed by atoms with E-state index in [1.54, 1.807) is 6.08 Å². The molecular weight excluding hydrogens is 378 g/mol. The Kier molecular flexibility index (Phi) is 4.68. The minimum absolute atomic E-state index is 0.139. The number of carbonyl (C=O) groups excluding carboxylic acids is 1. The van der Waals surface area contributed by atoms with Crippen LogP contribution in [0.4, 0.5) is 5.82 Å². The van der Waals surface area contributed by atoms with Crippen molar-refractivity contribution in [3.05, 3.63) is 62.9 Å². The highest BCUT2D eigenvalue weighted by molar-refractivity contribution is 9.10. The topological polar surface area (TPSA) is 74.8 Å². The number of nitrogens with zero attached hydrogens (tertiary/aromatic N) is 1. The van der Waals surface area contributed by atoms with Gasteiger partial charge in [0.1, 0.15) is 5.82 Å². The van der Waals surface area contributed by atoms with E-state index in [9.17, 15) is 9.59 Å². The Morgan fingerprint density at radius 2 is 2.26 bits per heavy atom. The van der Waals surface area contributed by atoms with Crippen LogP contribution in [-0.2, 0) is 4.79 Å². The molecule has 0 unspecified atom stereocenters. The van der Waals surface area contributed by atoms with E-state index in [-0.39, 0.29) is 23.8 Å². The molecule has 1 amide bonds. The molecule has 0 fully saturated rings. The summed E-state index contributed by atoms with van der Waals surface area (Å²) < 4.78 is 0.907. The van der Waals surface area contributed by atoms with Gasteiger partial charge in [-0.1, -0.05) is 45.9 Å². The van der Waals surface area contributed by atoms with Gasteiger partial charge in [0.15, 0.2) is 5.16 Å². The highest BCUT2D eigenvalue weighted by Gasteiger charge is 2.30. The Morgan fingerprint density at radius 3 is 3.00 bits per heavy atom. The largest absolute Gasteiger partial charge is 0.310 e. The summed E-state index contributed by atoms with van der Waals surface area (Å²) in [5, 5.41) is 3.19. The number of amides is 1. The first kappa shape index (κ1) is 16.0. The number of thioether (sulfide) groups is 1. The van der Waals surface area contributed by atoms with Crippen molar-refractivity contribution < 1.29 is 4.79 Å². The Balaban J connectivity index is 2.08. The number of hydrogen-bond donors (Lipinski definition) is 2. The number of fused-ring (bicyclic) bond motifs is 1. The van der Waals surface area contributed by atoms with E-state index in [2.05, 4.69) is 37.8 Å². The van der Waals surface area contributed by atoms with Crippen LogP contribution in [0.2, 0.25) is 0 Å². The van der Waals surface area contributed by atoms with Crippen molar-refractivity contribution in [3.63, 3.8) is 0 Å². The molecule has 1 aromatic heterocycles. The molecule has 0 saturated heterocycles. The summed E-state index contributed by atoms with van der Waals surface area (Å²) in [5.74, 6) is 0.540. The predicted molar refractivity (Wildman–Crippen MR) is 95.0 cm³/mol. The van der Waals surface area contributed by atoms with Crippen LogP contribution in [0.15, 0.2) is 51.3 Å². The first-order valence-electron chi connectivity index (χ1n) is 7.01. The second-order valence-corrected chi connectivity index (χ2v) is 7.02. The molecule has 0 spiro atoms. The maximum absolute atomic E-state index is 12.5. The van der Waals surface area contributed by atoms with Crippen LogP contribution in [0.5, 0.6) is 0 Å². The second kappa shape index (κ2) is 6.72. The van der Waals surface area contributed by atoms with Gasteiger partial charge in [0.25, 0.3) is 5.56 Å². The van der Waals surface area contributed by atoms with Crippen molar-refractivity contribution in [3.8, 4) is 0 Å². The molecule has 1 atom stereocenters. The Labute approximate surface area is 145 Å². The van der Waals surface area contributed by atoms with Crippen molar-refractivity contribution in [1.29, 1.82) is 0 Å². The molecule has 2 N–H and O–H groups in total. The molecule has 1 aliphatic rings. The number of benzene rings is 1. The first-order chi connectivity index (χ1) is 11.1. The minimum atomic E-state index is -0.300. The van der Waals surface area contributed by atoms with E-state index in [0.717, 1.165) is 10.0 Å². The second-order valence-electron chi connectivity index (χ2n) is 5.09. The van der Waals surface area contributed by atoms with E-state index in [0.29, 0.717) is 22.3 Å². The average molecular weight is 392 g/mol. The standard InChI is InChI=1S/C16H14BrN3O2S/c1-2-6-23-16-19-14-13(15(22)20-16)11(8-12(21)18-14)9-4-3-5-10(17)7-9/h2-5,7,11H,1,6,8H2,(H2,18,19,20,21,22)/t11-/m1/s1. The zero-order chi connectivity index (χ0) is 16.4. The summed E-state index contributed by atoms with van der Waals surface area (Å²) in [4.78, 5) is 31.7. The zero-order valence-electron chi connectivity index (χ0n) is 12.1. The molecule has 118 valence electrons. The fraction of sp³-hybridized carbons (Fsp3) is 0.188. The number of aromatic nitrogens is 2. The minimum Gasteiger partial charge on any atom is -0.310 e. The molecule has 0 radical (unpaired) electrons. The van der Waals surface area contributed by atoms with Gasteiger partial charge in [0, 0.05) is 22.6 Å². The third-order valence-electron chi connectivity index (χ3n) is 3.52. The molecular formula is C16H14BrN3O2S. The van der Waals surface area contributed by atoms with Gasteiger partial charge in [-0.15, -0.1) is 6.58 Å². The number of halogens is 1. The van der Waals surface area contributed by atoms with Crippen LogP contribution < -0.4 is 10.9 Å². The average Bonchev–Trinajstić information content (AvgIpc) is 2.51. The Hall–Kier alpha value is -1.86. The molecule has 1 aromatic carbocycles. The lowest BCUT2D eigenvalue weighted by Crippen LogP contribution is -2.31. The number of rotatable bonds is 4. The lowest BCUT2D eigenvalue weighted by atomic mass is 9.87. The van der Waals surface area contributed by atoms with Crippen LogP contribution in [0.25, 0.3) is 0 Å². The van der Waals surface area contributed by atoms with Gasteiger partial charge in [-0.2, -0.15) is 0 Å². The number of H-pyrrole nitrogens is 1. The molecule has 0 bridgehead atoms. The number of anilines is 1. The SMILES string of the molecule is C=CCSc1nc2c(c(=O)[nH]1)[C@@H](c1cccc(Br)c1)CC(=O)N2. The quantitative estimate of drug-likeness (QED) is 0.476. The summed E-state index contributed by atoms with van der Waals surface area (Å²) in [7, 11) is 0. The number of hydrogen-bond acceptors (Lipinski definition) is 4. The predicted octanol–water partition coefficient (Wildman–Crippen LogP) is 3.28. The highest BCUT2D eigenvalue weighted by Crippen LogP contribution is 2.35. The zero-order valence-corrected chi connectivity index (χ0v) is 14.5. The van der Waals surface area contributed by atoms with E-state index < -0.39 is 0 Å².